The number of nitrogens with zero attached hydrogens (tertiary/aromatic N) is 4. The highest BCUT2D eigenvalue weighted by atomic mass is 16.6. The quantitative estimate of drug-likeness (QED) is 0.407. The number of fused-ring (bicyclic) bond motifs is 1. The van der Waals surface area contributed by atoms with Gasteiger partial charge in [0.15, 0.2) is 11.4 Å². The summed E-state index contributed by atoms with van der Waals surface area (Å²) in [5.74, 6) is 0.190. The molecule has 1 saturated heterocycles. The Morgan fingerprint density at radius 3 is 2.42 bits per heavy atom. The van der Waals surface area contributed by atoms with E-state index < -0.39 is 17.4 Å². The van der Waals surface area contributed by atoms with E-state index in [9.17, 15) is 9.59 Å². The van der Waals surface area contributed by atoms with E-state index in [-0.39, 0.29) is 36.4 Å². The third kappa shape index (κ3) is 6.91. The number of aromatic nitrogens is 3. The van der Waals surface area contributed by atoms with Gasteiger partial charge < -0.3 is 18.8 Å². The molecule has 1 fully saturated rings. The minimum absolute atomic E-state index is 0.0632. The fourth-order valence-electron chi connectivity index (χ4n) is 4.94. The molecule has 0 bridgehead atoms. The number of amides is 1. The van der Waals surface area contributed by atoms with Gasteiger partial charge in [0, 0.05) is 24.6 Å². The third-order valence-electron chi connectivity index (χ3n) is 6.69. The lowest BCUT2D eigenvalue weighted by molar-refractivity contribution is -0.0741. The molecule has 9 heteroatoms. The topological polar surface area (TPSA) is 95.8 Å². The lowest BCUT2D eigenvalue weighted by Crippen LogP contribution is -2.54. The fraction of sp³-hybridized carbons (Fsp3) is 0.724. The number of carbonyl (C=O) groups excluding carboxylic acids is 2. The van der Waals surface area contributed by atoms with Gasteiger partial charge in [-0.1, -0.05) is 34.6 Å². The molecule has 2 aromatic heterocycles. The van der Waals surface area contributed by atoms with Gasteiger partial charge in [0.2, 0.25) is 0 Å². The lowest BCUT2D eigenvalue weighted by atomic mass is 9.92. The fourth-order valence-corrected chi connectivity index (χ4v) is 4.94. The molecule has 9 nitrogen and oxygen atoms in total. The molecule has 1 amide bonds. The standard InChI is InChI=1S/C29H46N4O5/c1-18(2)14-23(21-17-37-29(9,10)33(21)26(35)38-28(6,7)8)36-13-12-22(34)20-16-30-19-15-24(27(3,4)5)32(11)25(19)31-20/h15-16,18,21,23H,12-14,17H2,1-11H3/t21-,23+/m0/s1. The Balaban J connectivity index is 1.73. The average Bonchev–Trinajstić information content (AvgIpc) is 3.27. The summed E-state index contributed by atoms with van der Waals surface area (Å²) in [7, 11) is 1.95. The van der Waals surface area contributed by atoms with Crippen LogP contribution >= 0.6 is 0 Å². The first-order valence-electron chi connectivity index (χ1n) is 13.5. The van der Waals surface area contributed by atoms with Crippen molar-refractivity contribution >= 4 is 23.0 Å². The average molecular weight is 531 g/mol. The molecule has 0 saturated carbocycles. The maximum Gasteiger partial charge on any atom is 0.412 e. The Labute approximate surface area is 227 Å². The molecule has 2 aromatic rings. The third-order valence-corrected chi connectivity index (χ3v) is 6.69. The predicted octanol–water partition coefficient (Wildman–Crippen LogP) is 5.64. The smallest absolute Gasteiger partial charge is 0.412 e. The molecular weight excluding hydrogens is 484 g/mol. The first-order chi connectivity index (χ1) is 17.4. The number of Topliss-reactive ketones (excluding diaryl/α,β-unsaturated/α-hetero) is 1. The minimum Gasteiger partial charge on any atom is -0.444 e. The highest BCUT2D eigenvalue weighted by Gasteiger charge is 2.49. The number of ether oxygens (including phenoxy) is 3. The minimum atomic E-state index is -0.826. The Morgan fingerprint density at radius 1 is 1.18 bits per heavy atom. The van der Waals surface area contributed by atoms with Crippen molar-refractivity contribution in [3.05, 3.63) is 23.7 Å². The van der Waals surface area contributed by atoms with Crippen molar-refractivity contribution in [3.8, 4) is 0 Å². The van der Waals surface area contributed by atoms with E-state index in [1.54, 1.807) is 11.1 Å². The van der Waals surface area contributed by atoms with Gasteiger partial charge in [-0.05, 0) is 53.0 Å². The van der Waals surface area contributed by atoms with E-state index >= 15 is 0 Å². The number of carbonyl (C=O) groups is 2. The Morgan fingerprint density at radius 2 is 1.84 bits per heavy atom. The molecular formula is C29H46N4O5. The summed E-state index contributed by atoms with van der Waals surface area (Å²) < 4.78 is 20.0. The lowest BCUT2D eigenvalue weighted by Gasteiger charge is -2.38. The number of hydrogen-bond donors (Lipinski definition) is 0. The normalized spacial score (nSPS) is 18.8. The Kier molecular flexibility index (Phi) is 8.63. The van der Waals surface area contributed by atoms with Gasteiger partial charge in [-0.25, -0.2) is 9.78 Å². The van der Waals surface area contributed by atoms with Gasteiger partial charge in [0.25, 0.3) is 0 Å². The van der Waals surface area contributed by atoms with Crippen LogP contribution in [0.2, 0.25) is 0 Å². The van der Waals surface area contributed by atoms with Crippen LogP contribution in [-0.2, 0) is 26.7 Å². The van der Waals surface area contributed by atoms with Crippen molar-refractivity contribution in [2.24, 2.45) is 13.0 Å². The van der Waals surface area contributed by atoms with Crippen molar-refractivity contribution in [2.75, 3.05) is 13.2 Å². The zero-order chi connectivity index (χ0) is 28.6. The summed E-state index contributed by atoms with van der Waals surface area (Å²) >= 11 is 0. The van der Waals surface area contributed by atoms with Gasteiger partial charge in [-0.2, -0.15) is 0 Å². The van der Waals surface area contributed by atoms with Crippen molar-refractivity contribution in [1.29, 1.82) is 0 Å². The second kappa shape index (κ2) is 10.9. The number of hydrogen-bond acceptors (Lipinski definition) is 7. The molecule has 2 atom stereocenters. The highest BCUT2D eigenvalue weighted by molar-refractivity contribution is 5.95. The van der Waals surface area contributed by atoms with Gasteiger partial charge in [-0.15, -0.1) is 0 Å². The van der Waals surface area contributed by atoms with Crippen LogP contribution in [0.3, 0.4) is 0 Å². The number of aryl methyl sites for hydroxylation is 1. The summed E-state index contributed by atoms with van der Waals surface area (Å²) in [6, 6.07) is 1.70. The summed E-state index contributed by atoms with van der Waals surface area (Å²) in [4.78, 5) is 37.0. The van der Waals surface area contributed by atoms with Gasteiger partial charge >= 0.3 is 6.09 Å². The molecule has 0 unspecified atom stereocenters. The van der Waals surface area contributed by atoms with Crippen LogP contribution in [0, 0.1) is 5.92 Å². The van der Waals surface area contributed by atoms with Gasteiger partial charge in [0.05, 0.1) is 31.6 Å². The van der Waals surface area contributed by atoms with Crippen LogP contribution in [0.1, 0.15) is 98.3 Å². The van der Waals surface area contributed by atoms with Crippen molar-refractivity contribution in [3.63, 3.8) is 0 Å². The molecule has 0 aromatic carbocycles. The van der Waals surface area contributed by atoms with Crippen LogP contribution in [0.4, 0.5) is 4.79 Å². The maximum absolute atomic E-state index is 13.1. The Bertz CT molecular complexity index is 1160. The van der Waals surface area contributed by atoms with Crippen LogP contribution in [0.15, 0.2) is 12.3 Å². The molecule has 0 radical (unpaired) electrons. The molecule has 3 heterocycles. The van der Waals surface area contributed by atoms with E-state index in [2.05, 4.69) is 44.6 Å². The zero-order valence-electron chi connectivity index (χ0n) is 25.0. The number of rotatable bonds is 8. The molecule has 38 heavy (non-hydrogen) atoms. The largest absolute Gasteiger partial charge is 0.444 e. The van der Waals surface area contributed by atoms with Crippen molar-refractivity contribution in [1.82, 2.24) is 19.4 Å². The SMILES string of the molecule is CC(C)C[C@@H](OCCC(=O)c1cnc2cc(C(C)(C)C)n(C)c2n1)[C@@H]1COC(C)(C)N1C(=O)OC(C)(C)C. The number of ketones is 1. The highest BCUT2D eigenvalue weighted by Crippen LogP contribution is 2.33. The first kappa shape index (κ1) is 30.0. The molecule has 0 aliphatic carbocycles. The van der Waals surface area contributed by atoms with Crippen LogP contribution in [-0.4, -0.2) is 68.0 Å². The molecule has 3 rings (SSSR count). The Hall–Kier alpha value is -2.52. The van der Waals surface area contributed by atoms with E-state index in [1.807, 2.05) is 52.3 Å². The second-order valence-electron chi connectivity index (χ2n) is 13.2. The summed E-state index contributed by atoms with van der Waals surface area (Å²) in [5.41, 5.74) is 1.37. The van der Waals surface area contributed by atoms with Gasteiger partial charge in [0.1, 0.15) is 22.5 Å². The first-order valence-corrected chi connectivity index (χ1v) is 13.5. The van der Waals surface area contributed by atoms with E-state index in [4.69, 9.17) is 14.2 Å². The summed E-state index contributed by atoms with van der Waals surface area (Å²) in [6.45, 7) is 20.4. The molecule has 0 spiro atoms. The predicted molar refractivity (Wildman–Crippen MR) is 147 cm³/mol. The molecule has 0 N–H and O–H groups in total. The van der Waals surface area contributed by atoms with Crippen LogP contribution < -0.4 is 0 Å². The molecule has 1 aliphatic heterocycles. The van der Waals surface area contributed by atoms with Crippen LogP contribution in [0.25, 0.3) is 11.2 Å². The van der Waals surface area contributed by atoms with Crippen molar-refractivity contribution in [2.45, 2.75) is 111 Å². The van der Waals surface area contributed by atoms with Gasteiger partial charge in [-0.3, -0.25) is 14.7 Å². The zero-order valence-corrected chi connectivity index (χ0v) is 25.0. The maximum atomic E-state index is 13.1. The summed E-state index contributed by atoms with van der Waals surface area (Å²) in [5, 5.41) is 0. The van der Waals surface area contributed by atoms with Crippen molar-refractivity contribution < 1.29 is 23.8 Å². The van der Waals surface area contributed by atoms with E-state index in [0.717, 1.165) is 11.2 Å². The summed E-state index contributed by atoms with van der Waals surface area (Å²) in [6.07, 6.45) is 1.67. The monoisotopic (exact) mass is 530 g/mol. The molecule has 1 aliphatic rings. The molecule has 212 valence electrons. The van der Waals surface area contributed by atoms with E-state index in [0.29, 0.717) is 30.3 Å². The van der Waals surface area contributed by atoms with E-state index in [1.165, 1.54) is 0 Å². The second-order valence-corrected chi connectivity index (χ2v) is 13.2. The van der Waals surface area contributed by atoms with Crippen LogP contribution in [0.5, 0.6) is 0 Å².